The zero-order chi connectivity index (χ0) is 16.1. The Morgan fingerprint density at radius 3 is 3.17 bits per heavy atom. The van der Waals surface area contributed by atoms with Crippen LogP contribution >= 0.6 is 0 Å². The second-order valence-electron chi connectivity index (χ2n) is 5.57. The van der Waals surface area contributed by atoms with Gasteiger partial charge in [-0.05, 0) is 31.9 Å². The molecule has 1 saturated heterocycles. The molecule has 1 amide bonds. The zero-order valence-corrected chi connectivity index (χ0v) is 13.0. The minimum atomic E-state index is -0.137. The van der Waals surface area contributed by atoms with Crippen molar-refractivity contribution in [2.75, 3.05) is 29.9 Å². The Labute approximate surface area is 134 Å². The summed E-state index contributed by atoms with van der Waals surface area (Å²) in [5.41, 5.74) is 0. The molecular formula is C15H20N6O2. The summed E-state index contributed by atoms with van der Waals surface area (Å²) in [5.74, 6) is 1.86. The van der Waals surface area contributed by atoms with Crippen LogP contribution in [0, 0.1) is 6.92 Å². The third kappa shape index (κ3) is 4.04. The van der Waals surface area contributed by atoms with Gasteiger partial charge in [0.05, 0.1) is 6.54 Å². The first-order chi connectivity index (χ1) is 11.2. The van der Waals surface area contributed by atoms with Crippen LogP contribution in [0.3, 0.4) is 0 Å². The molecule has 1 unspecified atom stereocenters. The highest BCUT2D eigenvalue weighted by Gasteiger charge is 2.25. The summed E-state index contributed by atoms with van der Waals surface area (Å²) in [5, 5.41) is 17.7. The van der Waals surface area contributed by atoms with E-state index >= 15 is 0 Å². The number of rotatable bonds is 6. The molecule has 0 aliphatic carbocycles. The summed E-state index contributed by atoms with van der Waals surface area (Å²) in [7, 11) is 0. The lowest BCUT2D eigenvalue weighted by atomic mass is 10.2. The molecule has 2 N–H and O–H groups in total. The van der Waals surface area contributed by atoms with Gasteiger partial charge in [0.15, 0.2) is 11.6 Å². The molecular weight excluding hydrogens is 296 g/mol. The molecule has 0 aromatic carbocycles. The molecule has 2 aromatic heterocycles. The van der Waals surface area contributed by atoms with E-state index in [0.29, 0.717) is 17.6 Å². The van der Waals surface area contributed by atoms with Crippen LogP contribution in [0.4, 0.5) is 11.6 Å². The summed E-state index contributed by atoms with van der Waals surface area (Å²) in [6.07, 6.45) is 3.86. The standard InChI is InChI=1S/C15H20N6O2/c1-11-8-13(20-23-11)18-15(22)10-16-9-12-4-3-7-21(12)14-5-2-6-17-19-14/h2,5-6,8,12,16H,3-4,7,9-10H2,1H3,(H,18,20,22). The van der Waals surface area contributed by atoms with Gasteiger partial charge >= 0.3 is 0 Å². The van der Waals surface area contributed by atoms with Crippen molar-refractivity contribution in [1.82, 2.24) is 20.7 Å². The molecule has 0 spiro atoms. The molecule has 1 atom stereocenters. The predicted molar refractivity (Wildman–Crippen MR) is 85.1 cm³/mol. The quantitative estimate of drug-likeness (QED) is 0.819. The molecule has 122 valence electrons. The molecule has 8 heteroatoms. The van der Waals surface area contributed by atoms with Gasteiger partial charge in [-0.3, -0.25) is 4.79 Å². The molecule has 1 aliphatic rings. The van der Waals surface area contributed by atoms with Gasteiger partial charge in [0.2, 0.25) is 5.91 Å². The highest BCUT2D eigenvalue weighted by atomic mass is 16.5. The average Bonchev–Trinajstić information content (AvgIpc) is 3.17. The summed E-state index contributed by atoms with van der Waals surface area (Å²) < 4.78 is 4.91. The van der Waals surface area contributed by atoms with Crippen molar-refractivity contribution < 1.29 is 9.32 Å². The summed E-state index contributed by atoms with van der Waals surface area (Å²) in [6.45, 7) is 3.70. The van der Waals surface area contributed by atoms with E-state index in [9.17, 15) is 4.79 Å². The van der Waals surface area contributed by atoms with E-state index in [1.165, 1.54) is 0 Å². The SMILES string of the molecule is Cc1cc(NC(=O)CNCC2CCCN2c2cccnn2)no1. The van der Waals surface area contributed by atoms with Crippen molar-refractivity contribution in [2.24, 2.45) is 0 Å². The van der Waals surface area contributed by atoms with Gasteiger partial charge in [-0.15, -0.1) is 5.10 Å². The van der Waals surface area contributed by atoms with E-state index in [1.54, 1.807) is 19.2 Å². The summed E-state index contributed by atoms with van der Waals surface area (Å²) in [4.78, 5) is 14.1. The fourth-order valence-corrected chi connectivity index (χ4v) is 2.76. The molecule has 0 bridgehead atoms. The first kappa shape index (κ1) is 15.4. The van der Waals surface area contributed by atoms with Crippen LogP contribution in [0.1, 0.15) is 18.6 Å². The first-order valence-corrected chi connectivity index (χ1v) is 7.70. The Balaban J connectivity index is 1.45. The van der Waals surface area contributed by atoms with E-state index in [0.717, 1.165) is 31.7 Å². The normalized spacial score (nSPS) is 17.4. The number of hydrogen-bond acceptors (Lipinski definition) is 7. The van der Waals surface area contributed by atoms with Gasteiger partial charge in [0.1, 0.15) is 5.76 Å². The maximum Gasteiger partial charge on any atom is 0.239 e. The Bertz CT molecular complexity index is 644. The van der Waals surface area contributed by atoms with Crippen LogP contribution in [0.2, 0.25) is 0 Å². The largest absolute Gasteiger partial charge is 0.360 e. The Kier molecular flexibility index (Phi) is 4.82. The van der Waals surface area contributed by atoms with Crippen molar-refractivity contribution >= 4 is 17.5 Å². The van der Waals surface area contributed by atoms with Gasteiger partial charge in [-0.25, -0.2) is 0 Å². The minimum Gasteiger partial charge on any atom is -0.360 e. The van der Waals surface area contributed by atoms with Gasteiger partial charge < -0.3 is 20.1 Å². The van der Waals surface area contributed by atoms with E-state index in [2.05, 4.69) is 30.9 Å². The van der Waals surface area contributed by atoms with Gasteiger partial charge in [0, 0.05) is 31.4 Å². The average molecular weight is 316 g/mol. The Hall–Kier alpha value is -2.48. The smallest absolute Gasteiger partial charge is 0.239 e. The lowest BCUT2D eigenvalue weighted by Crippen LogP contribution is -2.41. The number of aryl methyl sites for hydroxylation is 1. The second kappa shape index (κ2) is 7.19. The molecule has 2 aromatic rings. The number of carbonyl (C=O) groups is 1. The van der Waals surface area contributed by atoms with Gasteiger partial charge in [0.25, 0.3) is 0 Å². The van der Waals surface area contributed by atoms with Gasteiger partial charge in [-0.2, -0.15) is 5.10 Å². The minimum absolute atomic E-state index is 0.137. The molecule has 1 fully saturated rings. The number of carbonyl (C=O) groups excluding carboxylic acids is 1. The molecule has 3 heterocycles. The zero-order valence-electron chi connectivity index (χ0n) is 13.0. The monoisotopic (exact) mass is 316 g/mol. The predicted octanol–water partition coefficient (Wildman–Crippen LogP) is 0.970. The summed E-state index contributed by atoms with van der Waals surface area (Å²) in [6, 6.07) is 5.86. The van der Waals surface area contributed by atoms with Crippen molar-refractivity contribution in [3.63, 3.8) is 0 Å². The van der Waals surface area contributed by atoms with Crippen molar-refractivity contribution in [3.05, 3.63) is 30.2 Å². The lowest BCUT2D eigenvalue weighted by molar-refractivity contribution is -0.115. The number of amides is 1. The van der Waals surface area contributed by atoms with E-state index < -0.39 is 0 Å². The van der Waals surface area contributed by atoms with Crippen LogP contribution in [0.15, 0.2) is 28.9 Å². The molecule has 1 aliphatic heterocycles. The third-order valence-electron chi connectivity index (χ3n) is 3.79. The fourth-order valence-electron chi connectivity index (χ4n) is 2.76. The third-order valence-corrected chi connectivity index (χ3v) is 3.79. The maximum absolute atomic E-state index is 11.9. The summed E-state index contributed by atoms with van der Waals surface area (Å²) >= 11 is 0. The number of nitrogens with zero attached hydrogens (tertiary/aromatic N) is 4. The number of hydrogen-bond donors (Lipinski definition) is 2. The van der Waals surface area contributed by atoms with Crippen LogP contribution in [0.25, 0.3) is 0 Å². The van der Waals surface area contributed by atoms with Crippen molar-refractivity contribution in [1.29, 1.82) is 0 Å². The van der Waals surface area contributed by atoms with Crippen molar-refractivity contribution in [2.45, 2.75) is 25.8 Å². The highest BCUT2D eigenvalue weighted by molar-refractivity contribution is 5.91. The van der Waals surface area contributed by atoms with Crippen LogP contribution in [0.5, 0.6) is 0 Å². The van der Waals surface area contributed by atoms with Crippen molar-refractivity contribution in [3.8, 4) is 0 Å². The molecule has 23 heavy (non-hydrogen) atoms. The maximum atomic E-state index is 11.9. The highest BCUT2D eigenvalue weighted by Crippen LogP contribution is 2.22. The van der Waals surface area contributed by atoms with E-state index in [4.69, 9.17) is 4.52 Å². The van der Waals surface area contributed by atoms with E-state index in [1.807, 2.05) is 12.1 Å². The first-order valence-electron chi connectivity index (χ1n) is 7.70. The van der Waals surface area contributed by atoms with E-state index in [-0.39, 0.29) is 12.5 Å². The number of anilines is 2. The molecule has 0 radical (unpaired) electrons. The molecule has 3 rings (SSSR count). The van der Waals surface area contributed by atoms with Crippen LogP contribution in [-0.2, 0) is 4.79 Å². The fraction of sp³-hybridized carbons (Fsp3) is 0.467. The second-order valence-corrected chi connectivity index (χ2v) is 5.57. The molecule has 8 nitrogen and oxygen atoms in total. The Morgan fingerprint density at radius 1 is 1.52 bits per heavy atom. The number of nitrogens with one attached hydrogen (secondary N) is 2. The molecule has 0 saturated carbocycles. The topological polar surface area (TPSA) is 96.2 Å². The Morgan fingerprint density at radius 2 is 2.43 bits per heavy atom. The van der Waals surface area contributed by atoms with Crippen LogP contribution in [-0.4, -0.2) is 46.9 Å². The van der Waals surface area contributed by atoms with Crippen LogP contribution < -0.4 is 15.5 Å². The van der Waals surface area contributed by atoms with Gasteiger partial charge in [-0.1, -0.05) is 5.16 Å². The number of aromatic nitrogens is 3. The lowest BCUT2D eigenvalue weighted by Gasteiger charge is -2.25.